The van der Waals surface area contributed by atoms with Crippen LogP contribution in [0.15, 0.2) is 48.5 Å². The van der Waals surface area contributed by atoms with Gasteiger partial charge in [-0.1, -0.05) is 30.3 Å². The third-order valence-corrected chi connectivity index (χ3v) is 5.04. The van der Waals surface area contributed by atoms with Crippen molar-refractivity contribution in [3.8, 4) is 5.75 Å². The molecule has 2 aromatic carbocycles. The molecule has 0 spiro atoms. The van der Waals surface area contributed by atoms with Gasteiger partial charge in [0.05, 0.1) is 13.2 Å². The number of methoxy groups -OCH3 is 1. The largest absolute Gasteiger partial charge is 0.497 e. The standard InChI is InChI=1S/C20H19NO4/c1-25-14-10-6-12(7-11-14)18-17(20(23)24)15-4-2-3-5-16(15)19(22)21(18)13-8-9-13/h2-7,10-11,13,17-18H,8-9H2,1H3,(H,23,24)/t17-,18+/m1/s1. The molecule has 1 heterocycles. The van der Waals surface area contributed by atoms with Crippen molar-refractivity contribution in [3.05, 3.63) is 65.2 Å². The quantitative estimate of drug-likeness (QED) is 0.930. The molecule has 0 aromatic heterocycles. The number of carboxylic acid groups (broad SMARTS) is 1. The number of rotatable bonds is 4. The van der Waals surface area contributed by atoms with Gasteiger partial charge in [0.25, 0.3) is 5.91 Å². The molecule has 0 saturated heterocycles. The zero-order valence-electron chi connectivity index (χ0n) is 13.9. The molecule has 0 bridgehead atoms. The number of carbonyl (C=O) groups excluding carboxylic acids is 1. The lowest BCUT2D eigenvalue weighted by Crippen LogP contribution is -2.46. The molecular formula is C20H19NO4. The van der Waals surface area contributed by atoms with Crippen LogP contribution in [-0.4, -0.2) is 35.0 Å². The first-order valence-corrected chi connectivity index (χ1v) is 8.40. The molecule has 5 nitrogen and oxygen atoms in total. The Labute approximate surface area is 145 Å². The summed E-state index contributed by atoms with van der Waals surface area (Å²) in [6.45, 7) is 0. The van der Waals surface area contributed by atoms with E-state index in [9.17, 15) is 14.7 Å². The maximum absolute atomic E-state index is 13.1. The van der Waals surface area contributed by atoms with E-state index in [0.717, 1.165) is 18.4 Å². The van der Waals surface area contributed by atoms with Gasteiger partial charge in [-0.2, -0.15) is 0 Å². The topological polar surface area (TPSA) is 66.8 Å². The first-order chi connectivity index (χ1) is 12.1. The van der Waals surface area contributed by atoms with Gasteiger partial charge in [0.2, 0.25) is 0 Å². The molecule has 2 atom stereocenters. The van der Waals surface area contributed by atoms with E-state index in [-0.39, 0.29) is 11.9 Å². The van der Waals surface area contributed by atoms with Crippen LogP contribution >= 0.6 is 0 Å². The number of aliphatic carboxylic acids is 1. The Bertz CT molecular complexity index is 826. The summed E-state index contributed by atoms with van der Waals surface area (Å²) in [5.74, 6) is -1.05. The summed E-state index contributed by atoms with van der Waals surface area (Å²) in [7, 11) is 1.59. The second-order valence-corrected chi connectivity index (χ2v) is 6.56. The maximum atomic E-state index is 13.1. The minimum absolute atomic E-state index is 0.0728. The van der Waals surface area contributed by atoms with Gasteiger partial charge in [-0.15, -0.1) is 0 Å². The van der Waals surface area contributed by atoms with Crippen LogP contribution < -0.4 is 4.74 Å². The van der Waals surface area contributed by atoms with E-state index in [4.69, 9.17) is 4.74 Å². The Morgan fingerprint density at radius 1 is 1.12 bits per heavy atom. The van der Waals surface area contributed by atoms with Crippen molar-refractivity contribution in [2.75, 3.05) is 7.11 Å². The number of hydrogen-bond donors (Lipinski definition) is 1. The third kappa shape index (κ3) is 2.56. The van der Waals surface area contributed by atoms with Gasteiger partial charge < -0.3 is 14.7 Å². The highest BCUT2D eigenvalue weighted by Crippen LogP contribution is 2.47. The van der Waals surface area contributed by atoms with Crippen LogP contribution in [0.1, 0.15) is 46.3 Å². The van der Waals surface area contributed by atoms with Gasteiger partial charge in [0, 0.05) is 11.6 Å². The lowest BCUT2D eigenvalue weighted by molar-refractivity contribution is -0.140. The fourth-order valence-electron chi connectivity index (χ4n) is 3.73. The number of hydrogen-bond acceptors (Lipinski definition) is 3. The number of amides is 1. The Balaban J connectivity index is 1.88. The summed E-state index contributed by atoms with van der Waals surface area (Å²) in [5, 5.41) is 9.96. The van der Waals surface area contributed by atoms with Gasteiger partial charge in [-0.25, -0.2) is 0 Å². The Morgan fingerprint density at radius 3 is 2.40 bits per heavy atom. The summed E-state index contributed by atoms with van der Waals surface area (Å²) >= 11 is 0. The molecule has 0 radical (unpaired) electrons. The number of nitrogens with zero attached hydrogens (tertiary/aromatic N) is 1. The molecular weight excluding hydrogens is 318 g/mol. The van der Waals surface area contributed by atoms with Gasteiger partial charge in [-0.05, 0) is 42.2 Å². The van der Waals surface area contributed by atoms with Crippen molar-refractivity contribution in [1.82, 2.24) is 4.90 Å². The first-order valence-electron chi connectivity index (χ1n) is 8.40. The van der Waals surface area contributed by atoms with Crippen molar-refractivity contribution >= 4 is 11.9 Å². The van der Waals surface area contributed by atoms with Crippen LogP contribution in [0.5, 0.6) is 5.75 Å². The molecule has 1 amide bonds. The minimum atomic E-state index is -0.911. The van der Waals surface area contributed by atoms with Crippen molar-refractivity contribution in [2.45, 2.75) is 30.8 Å². The van der Waals surface area contributed by atoms with E-state index in [2.05, 4.69) is 0 Å². The highest BCUT2D eigenvalue weighted by atomic mass is 16.5. The second-order valence-electron chi connectivity index (χ2n) is 6.56. The molecule has 25 heavy (non-hydrogen) atoms. The average Bonchev–Trinajstić information content (AvgIpc) is 3.46. The van der Waals surface area contributed by atoms with E-state index < -0.39 is 17.9 Å². The van der Waals surface area contributed by atoms with Gasteiger partial charge in [0.1, 0.15) is 11.7 Å². The number of benzene rings is 2. The van der Waals surface area contributed by atoms with Crippen molar-refractivity contribution in [2.24, 2.45) is 0 Å². The molecule has 1 aliphatic carbocycles. The van der Waals surface area contributed by atoms with Crippen LogP contribution in [0.3, 0.4) is 0 Å². The molecule has 1 aliphatic heterocycles. The fourth-order valence-corrected chi connectivity index (χ4v) is 3.73. The SMILES string of the molecule is COc1ccc([C@H]2[C@H](C(=O)O)c3ccccc3C(=O)N2C2CC2)cc1. The molecule has 1 saturated carbocycles. The molecule has 5 heteroatoms. The van der Waals surface area contributed by atoms with Crippen LogP contribution in [0.2, 0.25) is 0 Å². The molecule has 2 aliphatic rings. The van der Waals surface area contributed by atoms with Crippen LogP contribution in [-0.2, 0) is 4.79 Å². The predicted octanol–water partition coefficient (Wildman–Crippen LogP) is 3.22. The number of ether oxygens (including phenoxy) is 1. The minimum Gasteiger partial charge on any atom is -0.497 e. The molecule has 0 unspecified atom stereocenters. The maximum Gasteiger partial charge on any atom is 0.313 e. The highest BCUT2D eigenvalue weighted by molar-refractivity contribution is 6.00. The summed E-state index contributed by atoms with van der Waals surface area (Å²) in [5.41, 5.74) is 1.92. The van der Waals surface area contributed by atoms with E-state index in [1.165, 1.54) is 0 Å². The van der Waals surface area contributed by atoms with Crippen LogP contribution in [0, 0.1) is 0 Å². The normalized spacial score (nSPS) is 22.4. The van der Waals surface area contributed by atoms with Crippen LogP contribution in [0.25, 0.3) is 0 Å². The Hall–Kier alpha value is -2.82. The summed E-state index contributed by atoms with van der Waals surface area (Å²) in [6, 6.07) is 14.0. The molecule has 4 rings (SSSR count). The van der Waals surface area contributed by atoms with Crippen molar-refractivity contribution in [3.63, 3.8) is 0 Å². The fraction of sp³-hybridized carbons (Fsp3) is 0.300. The molecule has 1 fully saturated rings. The molecule has 128 valence electrons. The van der Waals surface area contributed by atoms with Gasteiger partial charge in [-0.3, -0.25) is 9.59 Å². The van der Waals surface area contributed by atoms with Crippen molar-refractivity contribution < 1.29 is 19.4 Å². The number of fused-ring (bicyclic) bond motifs is 1. The van der Waals surface area contributed by atoms with Gasteiger partial charge >= 0.3 is 5.97 Å². The van der Waals surface area contributed by atoms with E-state index in [0.29, 0.717) is 16.9 Å². The van der Waals surface area contributed by atoms with Crippen LogP contribution in [0.4, 0.5) is 0 Å². The first kappa shape index (κ1) is 15.7. The lowest BCUT2D eigenvalue weighted by atomic mass is 9.79. The average molecular weight is 337 g/mol. The zero-order chi connectivity index (χ0) is 17.6. The Kier molecular flexibility index (Phi) is 3.71. The number of carbonyl (C=O) groups is 2. The van der Waals surface area contributed by atoms with E-state index in [1.54, 1.807) is 36.3 Å². The highest BCUT2D eigenvalue weighted by Gasteiger charge is 2.49. The zero-order valence-corrected chi connectivity index (χ0v) is 13.9. The lowest BCUT2D eigenvalue weighted by Gasteiger charge is -2.41. The van der Waals surface area contributed by atoms with E-state index >= 15 is 0 Å². The third-order valence-electron chi connectivity index (χ3n) is 5.04. The predicted molar refractivity (Wildman–Crippen MR) is 91.7 cm³/mol. The summed E-state index contributed by atoms with van der Waals surface area (Å²) in [4.78, 5) is 27.0. The molecule has 1 N–H and O–H groups in total. The smallest absolute Gasteiger partial charge is 0.313 e. The summed E-state index contributed by atoms with van der Waals surface area (Å²) in [6.07, 6.45) is 1.85. The number of carboxylic acids is 1. The molecule has 2 aromatic rings. The van der Waals surface area contributed by atoms with Crippen molar-refractivity contribution in [1.29, 1.82) is 0 Å². The van der Waals surface area contributed by atoms with E-state index in [1.807, 2.05) is 24.3 Å². The Morgan fingerprint density at radius 2 is 1.80 bits per heavy atom. The summed E-state index contributed by atoms with van der Waals surface area (Å²) < 4.78 is 5.20. The second kappa shape index (κ2) is 5.92. The monoisotopic (exact) mass is 337 g/mol. The van der Waals surface area contributed by atoms with Gasteiger partial charge in [0.15, 0.2) is 0 Å².